The molecular weight excluding hydrogens is 276 g/mol. The van der Waals surface area contributed by atoms with Crippen LogP contribution in [0.2, 0.25) is 0 Å². The number of aryl methyl sites for hydroxylation is 1. The second-order valence-electron chi connectivity index (χ2n) is 6.30. The molecule has 2 saturated heterocycles. The Labute approximate surface area is 132 Å². The number of hydrogen-bond donors (Lipinski definition) is 1. The minimum atomic E-state index is -0.209. The highest BCUT2D eigenvalue weighted by molar-refractivity contribution is 5.81. The van der Waals surface area contributed by atoms with Gasteiger partial charge in [-0.05, 0) is 49.8 Å². The number of amides is 1. The Bertz CT molecular complexity index is 504. The zero-order valence-corrected chi connectivity index (χ0v) is 13.4. The number of nitrogens with one attached hydrogen (secondary N) is 1. The minimum absolute atomic E-state index is 0.0870. The highest BCUT2D eigenvalue weighted by Gasteiger charge is 2.27. The van der Waals surface area contributed by atoms with Crippen molar-refractivity contribution in [1.82, 2.24) is 5.32 Å². The van der Waals surface area contributed by atoms with Crippen LogP contribution >= 0.6 is 0 Å². The van der Waals surface area contributed by atoms with Crippen LogP contribution in [-0.4, -0.2) is 37.7 Å². The number of nitrogens with zero attached hydrogens (tertiary/aromatic N) is 1. The average molecular weight is 302 g/mol. The lowest BCUT2D eigenvalue weighted by atomic mass is 10.0. The lowest BCUT2D eigenvalue weighted by Gasteiger charge is -2.34. The molecule has 0 radical (unpaired) electrons. The Morgan fingerprint density at radius 3 is 2.82 bits per heavy atom. The number of hydrogen-bond acceptors (Lipinski definition) is 3. The molecule has 2 fully saturated rings. The molecular formula is C18H26N2O2. The Hall–Kier alpha value is -1.55. The summed E-state index contributed by atoms with van der Waals surface area (Å²) in [5.41, 5.74) is 2.69. The number of piperidine rings is 1. The molecule has 1 aromatic rings. The smallest absolute Gasteiger partial charge is 0.249 e. The molecule has 1 aromatic carbocycles. The third-order valence-corrected chi connectivity index (χ3v) is 4.75. The van der Waals surface area contributed by atoms with Crippen molar-refractivity contribution in [2.75, 3.05) is 24.6 Å². The van der Waals surface area contributed by atoms with Crippen molar-refractivity contribution in [3.63, 3.8) is 0 Å². The predicted molar refractivity (Wildman–Crippen MR) is 88.2 cm³/mol. The van der Waals surface area contributed by atoms with E-state index in [2.05, 4.69) is 41.4 Å². The van der Waals surface area contributed by atoms with Crippen LogP contribution in [0, 0.1) is 0 Å². The molecule has 0 aromatic heterocycles. The van der Waals surface area contributed by atoms with Crippen molar-refractivity contribution >= 4 is 11.6 Å². The maximum atomic E-state index is 12.1. The van der Waals surface area contributed by atoms with Gasteiger partial charge in [0, 0.05) is 31.4 Å². The lowest BCUT2D eigenvalue weighted by molar-refractivity contribution is -0.130. The second-order valence-corrected chi connectivity index (χ2v) is 6.30. The third kappa shape index (κ3) is 3.61. The minimum Gasteiger partial charge on any atom is -0.371 e. The van der Waals surface area contributed by atoms with Crippen molar-refractivity contribution in [3.8, 4) is 0 Å². The molecule has 4 heteroatoms. The van der Waals surface area contributed by atoms with E-state index in [0.717, 1.165) is 51.8 Å². The Balaban J connectivity index is 1.50. The summed E-state index contributed by atoms with van der Waals surface area (Å²) in [5, 5.41) is 3.16. The first kappa shape index (κ1) is 15.3. The van der Waals surface area contributed by atoms with Crippen LogP contribution in [0.1, 0.15) is 38.2 Å². The fourth-order valence-electron chi connectivity index (χ4n) is 3.33. The maximum Gasteiger partial charge on any atom is 0.249 e. The van der Waals surface area contributed by atoms with E-state index in [1.165, 1.54) is 11.3 Å². The number of carbonyl (C=O) groups is 1. The summed E-state index contributed by atoms with van der Waals surface area (Å²) in [6.45, 7) is 4.92. The van der Waals surface area contributed by atoms with Gasteiger partial charge in [-0.25, -0.2) is 0 Å². The molecule has 1 atom stereocenters. The van der Waals surface area contributed by atoms with Crippen molar-refractivity contribution in [2.24, 2.45) is 0 Å². The standard InChI is InChI=1S/C18H26N2O2/c1-2-14-5-3-6-16(13-14)20-10-8-15(9-11-20)19-18(21)17-7-4-12-22-17/h3,5-6,13,15,17H,2,4,7-12H2,1H3,(H,19,21)/t17-/m0/s1. The third-order valence-electron chi connectivity index (χ3n) is 4.75. The van der Waals surface area contributed by atoms with Gasteiger partial charge in [0.25, 0.3) is 0 Å². The van der Waals surface area contributed by atoms with Gasteiger partial charge in [-0.3, -0.25) is 4.79 Å². The number of ether oxygens (including phenoxy) is 1. The Kier molecular flexibility index (Phi) is 4.98. The average Bonchev–Trinajstić information content (AvgIpc) is 3.10. The fourth-order valence-corrected chi connectivity index (χ4v) is 3.33. The van der Waals surface area contributed by atoms with Crippen LogP contribution in [0.3, 0.4) is 0 Å². The molecule has 1 amide bonds. The van der Waals surface area contributed by atoms with E-state index in [1.807, 2.05) is 0 Å². The molecule has 4 nitrogen and oxygen atoms in total. The van der Waals surface area contributed by atoms with Crippen LogP contribution in [0.15, 0.2) is 24.3 Å². The number of anilines is 1. The summed E-state index contributed by atoms with van der Waals surface area (Å²) >= 11 is 0. The summed E-state index contributed by atoms with van der Waals surface area (Å²) in [6, 6.07) is 9.08. The molecule has 0 saturated carbocycles. The van der Waals surface area contributed by atoms with Crippen LogP contribution in [0.25, 0.3) is 0 Å². The number of benzene rings is 1. The van der Waals surface area contributed by atoms with Gasteiger partial charge in [0.15, 0.2) is 0 Å². The molecule has 0 aliphatic carbocycles. The summed E-state index contributed by atoms with van der Waals surface area (Å²) in [5.74, 6) is 0.0870. The van der Waals surface area contributed by atoms with Gasteiger partial charge in [0.2, 0.25) is 5.91 Å². The van der Waals surface area contributed by atoms with Crippen molar-refractivity contribution in [3.05, 3.63) is 29.8 Å². The first-order chi connectivity index (χ1) is 10.8. The molecule has 2 aliphatic rings. The molecule has 1 N–H and O–H groups in total. The van der Waals surface area contributed by atoms with Crippen LogP contribution in [0.4, 0.5) is 5.69 Å². The van der Waals surface area contributed by atoms with Gasteiger partial charge in [0.1, 0.15) is 6.10 Å². The zero-order valence-electron chi connectivity index (χ0n) is 13.4. The largest absolute Gasteiger partial charge is 0.371 e. The molecule has 0 bridgehead atoms. The van der Waals surface area contributed by atoms with Crippen molar-refractivity contribution in [2.45, 2.75) is 51.2 Å². The Morgan fingerprint density at radius 2 is 2.14 bits per heavy atom. The van der Waals surface area contributed by atoms with E-state index in [9.17, 15) is 4.79 Å². The van der Waals surface area contributed by atoms with Gasteiger partial charge in [-0.15, -0.1) is 0 Å². The number of rotatable bonds is 4. The van der Waals surface area contributed by atoms with Gasteiger partial charge in [-0.2, -0.15) is 0 Å². The van der Waals surface area contributed by atoms with E-state index < -0.39 is 0 Å². The Morgan fingerprint density at radius 1 is 1.32 bits per heavy atom. The summed E-state index contributed by atoms with van der Waals surface area (Å²) < 4.78 is 5.45. The van der Waals surface area contributed by atoms with Crippen LogP contribution in [0.5, 0.6) is 0 Å². The molecule has 3 rings (SSSR count). The molecule has 0 spiro atoms. The predicted octanol–water partition coefficient (Wildman–Crippen LogP) is 2.51. The molecule has 120 valence electrons. The van der Waals surface area contributed by atoms with E-state index in [4.69, 9.17) is 4.74 Å². The number of carbonyl (C=O) groups excluding carboxylic acids is 1. The van der Waals surface area contributed by atoms with Crippen molar-refractivity contribution < 1.29 is 9.53 Å². The maximum absolute atomic E-state index is 12.1. The lowest BCUT2D eigenvalue weighted by Crippen LogP contribution is -2.47. The van der Waals surface area contributed by atoms with Gasteiger partial charge >= 0.3 is 0 Å². The summed E-state index contributed by atoms with van der Waals surface area (Å²) in [4.78, 5) is 14.5. The van der Waals surface area contributed by atoms with Gasteiger partial charge < -0.3 is 15.0 Å². The highest BCUT2D eigenvalue weighted by atomic mass is 16.5. The SMILES string of the molecule is CCc1cccc(N2CCC(NC(=O)[C@@H]3CCCO3)CC2)c1. The zero-order chi connectivity index (χ0) is 15.4. The van der Waals surface area contributed by atoms with Gasteiger partial charge in [0.05, 0.1) is 0 Å². The monoisotopic (exact) mass is 302 g/mol. The fraction of sp³-hybridized carbons (Fsp3) is 0.611. The topological polar surface area (TPSA) is 41.6 Å². The molecule has 2 heterocycles. The van der Waals surface area contributed by atoms with Crippen LogP contribution in [-0.2, 0) is 16.0 Å². The molecule has 0 unspecified atom stereocenters. The van der Waals surface area contributed by atoms with E-state index >= 15 is 0 Å². The van der Waals surface area contributed by atoms with Crippen molar-refractivity contribution in [1.29, 1.82) is 0 Å². The molecule has 2 aliphatic heterocycles. The summed E-state index contributed by atoms with van der Waals surface area (Å²) in [7, 11) is 0. The van der Waals surface area contributed by atoms with E-state index in [0.29, 0.717) is 6.04 Å². The van der Waals surface area contributed by atoms with E-state index in [-0.39, 0.29) is 12.0 Å². The first-order valence-corrected chi connectivity index (χ1v) is 8.52. The quantitative estimate of drug-likeness (QED) is 0.929. The molecule has 22 heavy (non-hydrogen) atoms. The normalized spacial score (nSPS) is 22.8. The second kappa shape index (κ2) is 7.14. The van der Waals surface area contributed by atoms with Crippen LogP contribution < -0.4 is 10.2 Å². The first-order valence-electron chi connectivity index (χ1n) is 8.52. The van der Waals surface area contributed by atoms with Gasteiger partial charge in [-0.1, -0.05) is 19.1 Å². The highest BCUT2D eigenvalue weighted by Crippen LogP contribution is 2.22. The van der Waals surface area contributed by atoms with E-state index in [1.54, 1.807) is 0 Å². The summed E-state index contributed by atoms with van der Waals surface area (Å²) in [6.07, 6.45) is 4.75.